The van der Waals surface area contributed by atoms with Crippen molar-refractivity contribution in [1.82, 2.24) is 4.31 Å². The van der Waals surface area contributed by atoms with Crippen molar-refractivity contribution in [3.05, 3.63) is 54.1 Å². The van der Waals surface area contributed by atoms with Gasteiger partial charge in [-0.3, -0.25) is 4.79 Å². The Labute approximate surface area is 153 Å². The zero-order valence-corrected chi connectivity index (χ0v) is 15.3. The van der Waals surface area contributed by atoms with E-state index in [2.05, 4.69) is 4.90 Å². The van der Waals surface area contributed by atoms with Crippen LogP contribution in [0, 0.1) is 0 Å². The van der Waals surface area contributed by atoms with Crippen molar-refractivity contribution in [2.45, 2.75) is 4.90 Å². The normalized spacial score (nSPS) is 15.7. The van der Waals surface area contributed by atoms with Gasteiger partial charge in [-0.05, 0) is 36.4 Å². The molecule has 26 heavy (non-hydrogen) atoms. The molecule has 0 aromatic heterocycles. The van der Waals surface area contributed by atoms with Crippen molar-refractivity contribution in [1.29, 1.82) is 0 Å². The molecule has 1 amide bonds. The molecule has 0 spiro atoms. The predicted molar refractivity (Wildman–Crippen MR) is 98.9 cm³/mol. The van der Waals surface area contributed by atoms with Gasteiger partial charge in [0.1, 0.15) is 5.75 Å². The van der Waals surface area contributed by atoms with Crippen LogP contribution in [0.15, 0.2) is 53.4 Å². The van der Waals surface area contributed by atoms with Gasteiger partial charge in [-0.25, -0.2) is 8.42 Å². The monoisotopic (exact) mass is 375 g/mol. The summed E-state index contributed by atoms with van der Waals surface area (Å²) in [6.45, 7) is 1.88. The highest BCUT2D eigenvalue weighted by atomic mass is 32.2. The fourth-order valence-electron chi connectivity index (χ4n) is 3.00. The molecule has 0 radical (unpaired) electrons. The summed E-state index contributed by atoms with van der Waals surface area (Å²) in [5.41, 5.74) is 6.43. The summed E-state index contributed by atoms with van der Waals surface area (Å²) < 4.78 is 32.4. The largest absolute Gasteiger partial charge is 0.495 e. The van der Waals surface area contributed by atoms with Crippen LogP contribution in [0.5, 0.6) is 5.75 Å². The van der Waals surface area contributed by atoms with Crippen LogP contribution in [0.25, 0.3) is 0 Å². The molecule has 7 nitrogen and oxygen atoms in total. The number of hydrogen-bond donors (Lipinski definition) is 1. The number of primary amides is 1. The first-order valence-electron chi connectivity index (χ1n) is 8.21. The Morgan fingerprint density at radius 1 is 1.00 bits per heavy atom. The number of benzene rings is 2. The Kier molecular flexibility index (Phi) is 5.15. The Bertz CT molecular complexity index is 889. The van der Waals surface area contributed by atoms with Crippen LogP contribution >= 0.6 is 0 Å². The molecule has 8 heteroatoms. The Morgan fingerprint density at radius 2 is 1.62 bits per heavy atom. The molecular weight excluding hydrogens is 354 g/mol. The third-order valence-electron chi connectivity index (χ3n) is 4.44. The van der Waals surface area contributed by atoms with Gasteiger partial charge in [-0.15, -0.1) is 0 Å². The molecule has 0 bridgehead atoms. The zero-order valence-electron chi connectivity index (χ0n) is 14.5. The number of carbonyl (C=O) groups is 1. The number of ether oxygens (including phenoxy) is 1. The number of para-hydroxylation sites is 2. The van der Waals surface area contributed by atoms with Crippen LogP contribution in [0.3, 0.4) is 0 Å². The lowest BCUT2D eigenvalue weighted by molar-refractivity contribution is 0.1000. The van der Waals surface area contributed by atoms with Gasteiger partial charge in [0.05, 0.1) is 17.7 Å². The van der Waals surface area contributed by atoms with Gasteiger partial charge in [-0.1, -0.05) is 12.1 Å². The third-order valence-corrected chi connectivity index (χ3v) is 6.35. The molecule has 1 aliphatic rings. The number of nitrogens with two attached hydrogens (primary N) is 1. The number of rotatable bonds is 5. The van der Waals surface area contributed by atoms with E-state index in [-0.39, 0.29) is 10.5 Å². The maximum Gasteiger partial charge on any atom is 0.248 e. The van der Waals surface area contributed by atoms with Gasteiger partial charge in [0, 0.05) is 31.7 Å². The minimum absolute atomic E-state index is 0.160. The molecule has 0 unspecified atom stereocenters. The summed E-state index contributed by atoms with van der Waals surface area (Å²) in [6, 6.07) is 13.4. The SMILES string of the molecule is COc1ccccc1N1CCN(S(=O)(=O)c2ccc(C(N)=O)cc2)CC1. The Hall–Kier alpha value is -2.58. The highest BCUT2D eigenvalue weighted by molar-refractivity contribution is 7.89. The predicted octanol–water partition coefficient (Wildman–Crippen LogP) is 1.30. The zero-order chi connectivity index (χ0) is 18.7. The number of carbonyl (C=O) groups excluding carboxylic acids is 1. The molecule has 0 saturated carbocycles. The molecule has 138 valence electrons. The fraction of sp³-hybridized carbons (Fsp3) is 0.278. The average Bonchev–Trinajstić information content (AvgIpc) is 2.68. The van der Waals surface area contributed by atoms with Crippen LogP contribution < -0.4 is 15.4 Å². The topological polar surface area (TPSA) is 92.9 Å². The molecule has 2 N–H and O–H groups in total. The van der Waals surface area contributed by atoms with Gasteiger partial charge in [-0.2, -0.15) is 4.31 Å². The molecule has 1 aliphatic heterocycles. The summed E-state index contributed by atoms with van der Waals surface area (Å²) in [5.74, 6) is 0.185. The first-order chi connectivity index (χ1) is 12.4. The Balaban J connectivity index is 1.73. The summed E-state index contributed by atoms with van der Waals surface area (Å²) in [5, 5.41) is 0. The fourth-order valence-corrected chi connectivity index (χ4v) is 4.42. The summed E-state index contributed by atoms with van der Waals surface area (Å²) in [4.78, 5) is 13.4. The number of methoxy groups -OCH3 is 1. The minimum Gasteiger partial charge on any atom is -0.495 e. The summed E-state index contributed by atoms with van der Waals surface area (Å²) in [7, 11) is -1.98. The molecule has 1 heterocycles. The van der Waals surface area contributed by atoms with Gasteiger partial charge < -0.3 is 15.4 Å². The van der Waals surface area contributed by atoms with Gasteiger partial charge >= 0.3 is 0 Å². The second kappa shape index (κ2) is 7.35. The lowest BCUT2D eigenvalue weighted by Gasteiger charge is -2.35. The lowest BCUT2D eigenvalue weighted by Crippen LogP contribution is -2.48. The van der Waals surface area contributed by atoms with E-state index in [1.807, 2.05) is 24.3 Å². The quantitative estimate of drug-likeness (QED) is 0.850. The molecule has 1 saturated heterocycles. The van der Waals surface area contributed by atoms with E-state index in [9.17, 15) is 13.2 Å². The van der Waals surface area contributed by atoms with Crippen molar-refractivity contribution in [2.24, 2.45) is 5.73 Å². The molecule has 1 fully saturated rings. The second-order valence-corrected chi connectivity index (χ2v) is 7.89. The summed E-state index contributed by atoms with van der Waals surface area (Å²) >= 11 is 0. The maximum absolute atomic E-state index is 12.8. The number of sulfonamides is 1. The number of anilines is 1. The smallest absolute Gasteiger partial charge is 0.248 e. The molecule has 3 rings (SSSR count). The van der Waals surface area contributed by atoms with Gasteiger partial charge in [0.2, 0.25) is 15.9 Å². The molecule has 2 aromatic carbocycles. The molecule has 0 aliphatic carbocycles. The van der Waals surface area contributed by atoms with Crippen molar-refractivity contribution >= 4 is 21.6 Å². The van der Waals surface area contributed by atoms with Crippen LogP contribution in [0.4, 0.5) is 5.69 Å². The summed E-state index contributed by atoms with van der Waals surface area (Å²) in [6.07, 6.45) is 0. The molecule has 0 atom stereocenters. The molecule has 2 aromatic rings. The van der Waals surface area contributed by atoms with Crippen LogP contribution in [0.2, 0.25) is 0 Å². The lowest BCUT2D eigenvalue weighted by atomic mass is 10.2. The number of nitrogens with zero attached hydrogens (tertiary/aromatic N) is 2. The minimum atomic E-state index is -3.60. The molecular formula is C18H21N3O4S. The van der Waals surface area contributed by atoms with Gasteiger partial charge in [0.15, 0.2) is 0 Å². The van der Waals surface area contributed by atoms with E-state index in [1.54, 1.807) is 7.11 Å². The Morgan fingerprint density at radius 3 is 2.19 bits per heavy atom. The van der Waals surface area contributed by atoms with Gasteiger partial charge in [0.25, 0.3) is 0 Å². The maximum atomic E-state index is 12.8. The van der Waals surface area contributed by atoms with Crippen LogP contribution in [0.1, 0.15) is 10.4 Å². The number of piperazine rings is 1. The van der Waals surface area contributed by atoms with Crippen molar-refractivity contribution in [3.8, 4) is 5.75 Å². The average molecular weight is 375 g/mol. The van der Waals surface area contributed by atoms with Crippen LogP contribution in [-0.2, 0) is 10.0 Å². The van der Waals surface area contributed by atoms with Crippen LogP contribution in [-0.4, -0.2) is 51.9 Å². The number of amides is 1. The van der Waals surface area contributed by atoms with E-state index >= 15 is 0 Å². The standard InChI is InChI=1S/C18H21N3O4S/c1-25-17-5-3-2-4-16(17)20-10-12-21(13-11-20)26(23,24)15-8-6-14(7-9-15)18(19)22/h2-9H,10-13H2,1H3,(H2,19,22). The van der Waals surface area contributed by atoms with Crippen molar-refractivity contribution in [3.63, 3.8) is 0 Å². The highest BCUT2D eigenvalue weighted by Gasteiger charge is 2.29. The van der Waals surface area contributed by atoms with E-state index in [4.69, 9.17) is 10.5 Å². The highest BCUT2D eigenvalue weighted by Crippen LogP contribution is 2.29. The van der Waals surface area contributed by atoms with Crippen molar-refractivity contribution < 1.29 is 17.9 Å². The van der Waals surface area contributed by atoms with E-state index in [1.165, 1.54) is 28.6 Å². The third kappa shape index (κ3) is 3.51. The first kappa shape index (κ1) is 18.2. The van der Waals surface area contributed by atoms with E-state index < -0.39 is 15.9 Å². The van der Waals surface area contributed by atoms with E-state index in [0.29, 0.717) is 26.2 Å². The second-order valence-electron chi connectivity index (χ2n) is 5.95. The van der Waals surface area contributed by atoms with E-state index in [0.717, 1.165) is 11.4 Å². The van der Waals surface area contributed by atoms with Crippen molar-refractivity contribution in [2.75, 3.05) is 38.2 Å². The number of hydrogen-bond acceptors (Lipinski definition) is 5. The first-order valence-corrected chi connectivity index (χ1v) is 9.65.